The monoisotopic (exact) mass is 458 g/mol. The summed E-state index contributed by atoms with van der Waals surface area (Å²) >= 11 is 7.61. The van der Waals surface area contributed by atoms with Crippen LogP contribution in [0.15, 0.2) is 41.6 Å². The van der Waals surface area contributed by atoms with E-state index in [1.54, 1.807) is 0 Å². The van der Waals surface area contributed by atoms with E-state index in [1.165, 1.54) is 11.8 Å². The van der Waals surface area contributed by atoms with Gasteiger partial charge in [0.2, 0.25) is 5.91 Å². The number of hydrogen-bond donors (Lipinski definition) is 1. The number of hydrogen-bond acceptors (Lipinski definition) is 5. The van der Waals surface area contributed by atoms with Crippen LogP contribution in [0.5, 0.6) is 5.75 Å². The smallest absolute Gasteiger partial charge is 0.234 e. The van der Waals surface area contributed by atoms with Crippen molar-refractivity contribution in [3.05, 3.63) is 63.9 Å². The van der Waals surface area contributed by atoms with Gasteiger partial charge in [0.05, 0.1) is 10.8 Å². The zero-order valence-electron chi connectivity index (χ0n) is 18.4. The van der Waals surface area contributed by atoms with Crippen LogP contribution in [-0.4, -0.2) is 26.4 Å². The summed E-state index contributed by atoms with van der Waals surface area (Å²) in [7, 11) is 0. The quantitative estimate of drug-likeness (QED) is 0.435. The number of halogens is 1. The van der Waals surface area contributed by atoms with Gasteiger partial charge in [-0.15, -0.1) is 10.2 Å². The maximum absolute atomic E-state index is 12.4. The summed E-state index contributed by atoms with van der Waals surface area (Å²) < 4.78 is 8.01. The Kier molecular flexibility index (Phi) is 7.62. The van der Waals surface area contributed by atoms with Gasteiger partial charge < -0.3 is 14.6 Å². The third-order valence-corrected chi connectivity index (χ3v) is 6.08. The number of carbonyl (C=O) groups excluding carboxylic acids is 1. The molecule has 6 nitrogen and oxygen atoms in total. The lowest BCUT2D eigenvalue weighted by molar-refractivity contribution is -0.113. The van der Waals surface area contributed by atoms with Crippen molar-refractivity contribution in [2.75, 3.05) is 11.1 Å². The van der Waals surface area contributed by atoms with Crippen LogP contribution >= 0.6 is 23.4 Å². The molecule has 1 amide bonds. The molecule has 1 atom stereocenters. The Balaban J connectivity index is 1.66. The van der Waals surface area contributed by atoms with Gasteiger partial charge in [-0.3, -0.25) is 4.79 Å². The predicted octanol–water partition coefficient (Wildman–Crippen LogP) is 5.75. The molecule has 0 radical (unpaired) electrons. The minimum atomic E-state index is -0.342. The van der Waals surface area contributed by atoms with Gasteiger partial charge in [-0.1, -0.05) is 47.1 Å². The minimum absolute atomic E-state index is 0.0833. The molecule has 3 rings (SSSR count). The van der Waals surface area contributed by atoms with E-state index in [4.69, 9.17) is 16.3 Å². The molecule has 0 aliphatic carbocycles. The summed E-state index contributed by atoms with van der Waals surface area (Å²) in [5, 5.41) is 12.8. The maximum atomic E-state index is 12.4. The fourth-order valence-electron chi connectivity index (χ4n) is 3.22. The van der Waals surface area contributed by atoms with E-state index in [2.05, 4.69) is 15.5 Å². The van der Waals surface area contributed by atoms with Crippen LogP contribution in [0, 0.1) is 20.8 Å². The third kappa shape index (κ3) is 5.80. The Morgan fingerprint density at radius 2 is 1.87 bits per heavy atom. The van der Waals surface area contributed by atoms with E-state index >= 15 is 0 Å². The minimum Gasteiger partial charge on any atom is -0.481 e. The highest BCUT2D eigenvalue weighted by Gasteiger charge is 2.20. The predicted molar refractivity (Wildman–Crippen MR) is 126 cm³/mol. The number of carbonyl (C=O) groups is 1. The van der Waals surface area contributed by atoms with Crippen molar-refractivity contribution in [1.82, 2.24) is 14.8 Å². The number of aromatic nitrogens is 3. The molecule has 0 spiro atoms. The van der Waals surface area contributed by atoms with E-state index in [1.807, 2.05) is 75.6 Å². The number of thioether (sulfide) groups is 1. The number of nitrogens with one attached hydrogen (secondary N) is 1. The van der Waals surface area contributed by atoms with Crippen LogP contribution in [-0.2, 0) is 11.3 Å². The SMILES string of the molecule is CCn1c(SCC(=O)Nc2ccc(C)cc2C)nnc1C(C)Oc1cc(C)ccc1Cl. The van der Waals surface area contributed by atoms with Crippen LogP contribution < -0.4 is 10.1 Å². The Bertz CT molecular complexity index is 1080. The Morgan fingerprint density at radius 1 is 1.16 bits per heavy atom. The number of nitrogens with zero attached hydrogens (tertiary/aromatic N) is 3. The Hall–Kier alpha value is -2.51. The van der Waals surface area contributed by atoms with Crippen molar-refractivity contribution in [2.24, 2.45) is 0 Å². The van der Waals surface area contributed by atoms with E-state index in [9.17, 15) is 4.79 Å². The highest BCUT2D eigenvalue weighted by molar-refractivity contribution is 7.99. The van der Waals surface area contributed by atoms with Crippen molar-refractivity contribution in [3.63, 3.8) is 0 Å². The number of aryl methyl sites for hydroxylation is 3. The molecule has 1 aromatic heterocycles. The lowest BCUT2D eigenvalue weighted by atomic mass is 10.1. The van der Waals surface area contributed by atoms with Gasteiger partial charge in [0.1, 0.15) is 5.75 Å². The van der Waals surface area contributed by atoms with Crippen molar-refractivity contribution >= 4 is 35.0 Å². The molecule has 0 saturated heterocycles. The lowest BCUT2D eigenvalue weighted by Gasteiger charge is -2.17. The van der Waals surface area contributed by atoms with Crippen LogP contribution in [0.3, 0.4) is 0 Å². The molecular weight excluding hydrogens is 432 g/mol. The number of amides is 1. The Labute approximate surface area is 192 Å². The van der Waals surface area contributed by atoms with Gasteiger partial charge >= 0.3 is 0 Å². The summed E-state index contributed by atoms with van der Waals surface area (Å²) in [4.78, 5) is 12.4. The second-order valence-corrected chi connectivity index (χ2v) is 8.78. The fourth-order valence-corrected chi connectivity index (χ4v) is 4.19. The van der Waals surface area contributed by atoms with Gasteiger partial charge in [-0.05, 0) is 63.9 Å². The van der Waals surface area contributed by atoms with Crippen molar-refractivity contribution < 1.29 is 9.53 Å². The summed E-state index contributed by atoms with van der Waals surface area (Å²) in [6.45, 7) is 10.6. The molecule has 1 heterocycles. The van der Waals surface area contributed by atoms with Crippen molar-refractivity contribution in [1.29, 1.82) is 0 Å². The molecule has 3 aromatic rings. The zero-order chi connectivity index (χ0) is 22.5. The van der Waals surface area contributed by atoms with E-state index in [-0.39, 0.29) is 17.8 Å². The number of rotatable bonds is 8. The highest BCUT2D eigenvalue weighted by Crippen LogP contribution is 2.30. The van der Waals surface area contributed by atoms with Crippen LogP contribution in [0.1, 0.15) is 42.5 Å². The summed E-state index contributed by atoms with van der Waals surface area (Å²) in [6, 6.07) is 11.6. The molecule has 164 valence electrons. The second kappa shape index (κ2) is 10.2. The normalized spacial score (nSPS) is 11.9. The first-order valence-electron chi connectivity index (χ1n) is 10.1. The summed E-state index contributed by atoms with van der Waals surface area (Å²) in [6.07, 6.45) is -0.342. The molecule has 8 heteroatoms. The van der Waals surface area contributed by atoms with Gasteiger partial charge in [0.25, 0.3) is 0 Å². The molecule has 0 aliphatic rings. The zero-order valence-corrected chi connectivity index (χ0v) is 20.0. The molecule has 1 N–H and O–H groups in total. The number of anilines is 1. The molecule has 1 unspecified atom stereocenters. The molecule has 31 heavy (non-hydrogen) atoms. The van der Waals surface area contributed by atoms with Crippen LogP contribution in [0.2, 0.25) is 5.02 Å². The van der Waals surface area contributed by atoms with Crippen molar-refractivity contribution in [2.45, 2.75) is 52.4 Å². The van der Waals surface area contributed by atoms with Crippen molar-refractivity contribution in [3.8, 4) is 5.75 Å². The number of ether oxygens (including phenoxy) is 1. The summed E-state index contributed by atoms with van der Waals surface area (Å²) in [5.41, 5.74) is 4.09. The molecule has 0 fully saturated rings. The van der Waals surface area contributed by atoms with E-state index < -0.39 is 0 Å². The van der Waals surface area contributed by atoms with Gasteiger partial charge in [-0.25, -0.2) is 0 Å². The third-order valence-electron chi connectivity index (χ3n) is 4.80. The maximum Gasteiger partial charge on any atom is 0.234 e. The van der Waals surface area contributed by atoms with Gasteiger partial charge in [0.15, 0.2) is 17.1 Å². The molecule has 0 bridgehead atoms. The number of benzene rings is 2. The average Bonchev–Trinajstić information content (AvgIpc) is 3.14. The Morgan fingerprint density at radius 3 is 2.58 bits per heavy atom. The highest BCUT2D eigenvalue weighted by atomic mass is 35.5. The van der Waals surface area contributed by atoms with E-state index in [0.717, 1.165) is 22.4 Å². The fraction of sp³-hybridized carbons (Fsp3) is 0.348. The average molecular weight is 459 g/mol. The van der Waals surface area contributed by atoms with E-state index in [0.29, 0.717) is 28.3 Å². The van der Waals surface area contributed by atoms with Gasteiger partial charge in [0, 0.05) is 12.2 Å². The molecular formula is C23H27ClN4O2S. The first kappa shape index (κ1) is 23.2. The lowest BCUT2D eigenvalue weighted by Crippen LogP contribution is -2.16. The topological polar surface area (TPSA) is 69.0 Å². The van der Waals surface area contributed by atoms with Gasteiger partial charge in [-0.2, -0.15) is 0 Å². The first-order valence-corrected chi connectivity index (χ1v) is 11.5. The molecule has 0 saturated carbocycles. The van der Waals surface area contributed by atoms with Crippen LogP contribution in [0.4, 0.5) is 5.69 Å². The first-order chi connectivity index (χ1) is 14.8. The molecule has 2 aromatic carbocycles. The molecule has 0 aliphatic heterocycles. The standard InChI is InChI=1S/C23H27ClN4O2S/c1-6-28-22(17(5)30-20-12-15(3)7-9-18(20)24)26-27-23(28)31-13-21(29)25-19-10-8-14(2)11-16(19)4/h7-12,17H,6,13H2,1-5H3,(H,25,29). The second-order valence-electron chi connectivity index (χ2n) is 7.43. The summed E-state index contributed by atoms with van der Waals surface area (Å²) in [5.74, 6) is 1.46. The largest absolute Gasteiger partial charge is 0.481 e. The van der Waals surface area contributed by atoms with Crippen LogP contribution in [0.25, 0.3) is 0 Å².